The number of carbonyl (C=O) groups is 2. The maximum atomic E-state index is 12.5. The van der Waals surface area contributed by atoms with Crippen LogP contribution in [0.5, 0.6) is 0 Å². The number of fused-ring (bicyclic) bond motifs is 1. The molecule has 0 bridgehead atoms. The predicted molar refractivity (Wildman–Crippen MR) is 105 cm³/mol. The molecule has 1 amide bonds. The van der Waals surface area contributed by atoms with Gasteiger partial charge in [0.15, 0.2) is 5.69 Å². The van der Waals surface area contributed by atoms with Gasteiger partial charge in [0.2, 0.25) is 0 Å². The Labute approximate surface area is 169 Å². The lowest BCUT2D eigenvalue weighted by Crippen LogP contribution is -2.37. The maximum absolute atomic E-state index is 12.5. The summed E-state index contributed by atoms with van der Waals surface area (Å²) in [6.07, 6.45) is 0.176. The number of hydrogen-bond donors (Lipinski definition) is 0. The van der Waals surface area contributed by atoms with Crippen LogP contribution in [0.3, 0.4) is 0 Å². The van der Waals surface area contributed by atoms with Gasteiger partial charge in [0.05, 0.1) is 31.1 Å². The largest absolute Gasteiger partial charge is 0.461 e. The first kappa shape index (κ1) is 20.2. The summed E-state index contributed by atoms with van der Waals surface area (Å²) in [5, 5.41) is 5.12. The van der Waals surface area contributed by atoms with Gasteiger partial charge in [-0.1, -0.05) is 25.4 Å². The van der Waals surface area contributed by atoms with E-state index in [0.29, 0.717) is 30.2 Å². The molecule has 150 valence electrons. The maximum Gasteiger partial charge on any atom is 0.410 e. The van der Waals surface area contributed by atoms with Gasteiger partial charge in [-0.3, -0.25) is 0 Å². The Morgan fingerprint density at radius 3 is 2.57 bits per heavy atom. The summed E-state index contributed by atoms with van der Waals surface area (Å²) in [6, 6.07) is 7.22. The second-order valence-electron chi connectivity index (χ2n) is 7.02. The minimum absolute atomic E-state index is 0.230. The summed E-state index contributed by atoms with van der Waals surface area (Å²) >= 11 is 5.98. The van der Waals surface area contributed by atoms with E-state index in [9.17, 15) is 9.59 Å². The highest BCUT2D eigenvalue weighted by atomic mass is 35.5. The minimum atomic E-state index is -0.496. The summed E-state index contributed by atoms with van der Waals surface area (Å²) < 4.78 is 12.2. The molecule has 0 radical (unpaired) electrons. The van der Waals surface area contributed by atoms with Crippen molar-refractivity contribution in [3.05, 3.63) is 46.2 Å². The zero-order valence-corrected chi connectivity index (χ0v) is 17.0. The molecule has 8 heteroatoms. The van der Waals surface area contributed by atoms with Gasteiger partial charge in [0.25, 0.3) is 0 Å². The van der Waals surface area contributed by atoms with Crippen molar-refractivity contribution in [3.63, 3.8) is 0 Å². The van der Waals surface area contributed by atoms with Crippen LogP contribution in [0.15, 0.2) is 24.3 Å². The number of halogens is 1. The molecule has 1 aromatic carbocycles. The van der Waals surface area contributed by atoms with Crippen LogP contribution in [0.1, 0.15) is 42.5 Å². The first-order valence-corrected chi connectivity index (χ1v) is 9.74. The van der Waals surface area contributed by atoms with Crippen molar-refractivity contribution in [1.82, 2.24) is 14.7 Å². The summed E-state index contributed by atoms with van der Waals surface area (Å²) in [7, 11) is 0. The number of carbonyl (C=O) groups excluding carboxylic acids is 2. The average Bonchev–Trinajstić information content (AvgIpc) is 3.06. The molecular weight excluding hydrogens is 382 g/mol. The Bertz CT molecular complexity index is 861. The van der Waals surface area contributed by atoms with Crippen LogP contribution < -0.4 is 0 Å². The number of amides is 1. The number of hydrogen-bond acceptors (Lipinski definition) is 5. The zero-order chi connectivity index (χ0) is 20.3. The molecule has 2 aromatic rings. The highest BCUT2D eigenvalue weighted by Crippen LogP contribution is 2.27. The van der Waals surface area contributed by atoms with E-state index < -0.39 is 5.97 Å². The molecule has 3 rings (SSSR count). The van der Waals surface area contributed by atoms with Crippen LogP contribution in [0.2, 0.25) is 5.02 Å². The highest BCUT2D eigenvalue weighted by Gasteiger charge is 2.31. The van der Waals surface area contributed by atoms with Gasteiger partial charge in [-0.2, -0.15) is 5.10 Å². The van der Waals surface area contributed by atoms with E-state index >= 15 is 0 Å². The van der Waals surface area contributed by atoms with Gasteiger partial charge in [-0.25, -0.2) is 14.3 Å². The fourth-order valence-electron chi connectivity index (χ4n) is 3.06. The van der Waals surface area contributed by atoms with Gasteiger partial charge in [0, 0.05) is 23.6 Å². The number of aromatic nitrogens is 2. The normalized spacial score (nSPS) is 13.4. The van der Waals surface area contributed by atoms with Crippen molar-refractivity contribution in [1.29, 1.82) is 0 Å². The Morgan fingerprint density at radius 1 is 1.21 bits per heavy atom. The second-order valence-corrected chi connectivity index (χ2v) is 7.46. The molecule has 0 saturated carbocycles. The van der Waals surface area contributed by atoms with Gasteiger partial charge >= 0.3 is 12.1 Å². The third-order valence-corrected chi connectivity index (χ3v) is 4.65. The lowest BCUT2D eigenvalue weighted by molar-refractivity contribution is 0.0513. The summed E-state index contributed by atoms with van der Waals surface area (Å²) in [5.74, 6) is -0.240. The molecular formula is C20H24ClN3O4. The van der Waals surface area contributed by atoms with Crippen LogP contribution in [-0.2, 0) is 22.4 Å². The van der Waals surface area contributed by atoms with Gasteiger partial charge < -0.3 is 14.4 Å². The fraction of sp³-hybridized carbons (Fsp3) is 0.450. The standard InChI is InChI=1S/C20H24ClN3O4/c1-4-27-19(25)18-16-11-23(20(26)28-12-13(2)3)10-9-17(16)24(22-18)15-7-5-14(21)6-8-15/h5-8,13H,4,9-12H2,1-3H3. The molecule has 0 fully saturated rings. The lowest BCUT2D eigenvalue weighted by Gasteiger charge is -2.27. The molecule has 0 saturated heterocycles. The van der Waals surface area contributed by atoms with Crippen LogP contribution in [0.4, 0.5) is 4.79 Å². The average molecular weight is 406 g/mol. The molecule has 1 aromatic heterocycles. The Balaban J connectivity index is 1.93. The molecule has 7 nitrogen and oxygen atoms in total. The van der Waals surface area contributed by atoms with Crippen molar-refractivity contribution >= 4 is 23.7 Å². The molecule has 2 heterocycles. The van der Waals surface area contributed by atoms with Crippen molar-refractivity contribution in [2.75, 3.05) is 19.8 Å². The molecule has 0 aliphatic carbocycles. The SMILES string of the molecule is CCOC(=O)c1nn(-c2ccc(Cl)cc2)c2c1CN(C(=O)OCC(C)C)CC2. The molecule has 0 unspecified atom stereocenters. The third-order valence-electron chi connectivity index (χ3n) is 4.40. The van der Waals surface area contributed by atoms with E-state index in [1.54, 1.807) is 28.6 Å². The zero-order valence-electron chi connectivity index (χ0n) is 16.3. The topological polar surface area (TPSA) is 73.7 Å². The number of esters is 1. The van der Waals surface area contributed by atoms with Gasteiger partial charge in [0.1, 0.15) is 0 Å². The molecule has 0 N–H and O–H groups in total. The number of nitrogens with zero attached hydrogens (tertiary/aromatic N) is 3. The van der Waals surface area contributed by atoms with E-state index in [1.807, 2.05) is 26.0 Å². The van der Waals surface area contributed by atoms with E-state index in [-0.39, 0.29) is 30.9 Å². The monoisotopic (exact) mass is 405 g/mol. The first-order chi connectivity index (χ1) is 13.4. The first-order valence-electron chi connectivity index (χ1n) is 9.36. The third kappa shape index (κ3) is 4.30. The molecule has 28 heavy (non-hydrogen) atoms. The predicted octanol–water partition coefficient (Wildman–Crippen LogP) is 3.85. The Kier molecular flexibility index (Phi) is 6.24. The quantitative estimate of drug-likeness (QED) is 0.706. The van der Waals surface area contributed by atoms with Crippen LogP contribution in [0, 0.1) is 5.92 Å². The number of benzene rings is 1. The molecule has 0 atom stereocenters. The minimum Gasteiger partial charge on any atom is -0.461 e. The molecule has 1 aliphatic heterocycles. The van der Waals surface area contributed by atoms with Crippen molar-refractivity contribution < 1.29 is 19.1 Å². The Hall–Kier alpha value is -2.54. The lowest BCUT2D eigenvalue weighted by atomic mass is 10.1. The van der Waals surface area contributed by atoms with Crippen LogP contribution in [-0.4, -0.2) is 46.5 Å². The van der Waals surface area contributed by atoms with Crippen molar-refractivity contribution in [2.45, 2.75) is 33.7 Å². The number of ether oxygens (including phenoxy) is 2. The van der Waals surface area contributed by atoms with E-state index in [2.05, 4.69) is 5.10 Å². The van der Waals surface area contributed by atoms with Crippen LogP contribution in [0.25, 0.3) is 5.69 Å². The number of rotatable bonds is 5. The summed E-state index contributed by atoms with van der Waals surface area (Å²) in [6.45, 7) is 7.07. The van der Waals surface area contributed by atoms with Crippen molar-refractivity contribution in [2.24, 2.45) is 5.92 Å². The van der Waals surface area contributed by atoms with Gasteiger partial charge in [-0.05, 0) is 37.1 Å². The van der Waals surface area contributed by atoms with Crippen molar-refractivity contribution in [3.8, 4) is 5.69 Å². The fourth-order valence-corrected chi connectivity index (χ4v) is 3.19. The molecule has 1 aliphatic rings. The smallest absolute Gasteiger partial charge is 0.410 e. The van der Waals surface area contributed by atoms with E-state index in [1.165, 1.54) is 0 Å². The Morgan fingerprint density at radius 2 is 1.93 bits per heavy atom. The summed E-state index contributed by atoms with van der Waals surface area (Å²) in [5.41, 5.74) is 2.61. The van der Waals surface area contributed by atoms with E-state index in [4.69, 9.17) is 21.1 Å². The van der Waals surface area contributed by atoms with E-state index in [0.717, 1.165) is 11.4 Å². The van der Waals surface area contributed by atoms with Gasteiger partial charge in [-0.15, -0.1) is 0 Å². The summed E-state index contributed by atoms with van der Waals surface area (Å²) in [4.78, 5) is 26.4. The van der Waals surface area contributed by atoms with Crippen LogP contribution >= 0.6 is 11.6 Å². The second kappa shape index (κ2) is 8.65. The highest BCUT2D eigenvalue weighted by molar-refractivity contribution is 6.30. The molecule has 0 spiro atoms.